The van der Waals surface area contributed by atoms with Crippen molar-refractivity contribution in [1.29, 1.82) is 0 Å². The number of anilines is 1. The Hall–Kier alpha value is -3.55. The van der Waals surface area contributed by atoms with Crippen LogP contribution in [-0.4, -0.2) is 36.5 Å². The SMILES string of the molecule is Cc1ccc(C(=O)NCCNC(=O)C2=NN(c3ccccc3)C(=O)CC2)cc1F. The lowest BCUT2D eigenvalue weighted by molar-refractivity contribution is -0.118. The van der Waals surface area contributed by atoms with Crippen molar-refractivity contribution in [3.63, 3.8) is 0 Å². The second kappa shape index (κ2) is 9.09. The zero-order chi connectivity index (χ0) is 20.8. The number of nitrogens with one attached hydrogen (secondary N) is 2. The van der Waals surface area contributed by atoms with E-state index in [1.165, 1.54) is 23.2 Å². The normalized spacial score (nSPS) is 13.7. The molecule has 0 bridgehead atoms. The fraction of sp³-hybridized carbons (Fsp3) is 0.238. The van der Waals surface area contributed by atoms with Gasteiger partial charge >= 0.3 is 0 Å². The fourth-order valence-corrected chi connectivity index (χ4v) is 2.78. The Morgan fingerprint density at radius 1 is 1.03 bits per heavy atom. The predicted octanol–water partition coefficient (Wildman–Crippen LogP) is 2.16. The third-order valence-electron chi connectivity index (χ3n) is 4.43. The molecule has 150 valence electrons. The standard InChI is InChI=1S/C21H21FN4O3/c1-14-7-8-15(13-17(14)22)20(28)23-11-12-24-21(29)18-9-10-19(27)26(25-18)16-5-3-2-4-6-16/h2-8,13H,9-12H2,1H3,(H,23,28)(H,24,29). The van der Waals surface area contributed by atoms with Crippen LogP contribution in [0.5, 0.6) is 0 Å². The van der Waals surface area contributed by atoms with Crippen LogP contribution in [0, 0.1) is 12.7 Å². The van der Waals surface area contributed by atoms with Crippen molar-refractivity contribution in [3.8, 4) is 0 Å². The molecule has 3 rings (SSSR count). The first-order valence-corrected chi connectivity index (χ1v) is 9.24. The number of para-hydroxylation sites is 1. The highest BCUT2D eigenvalue weighted by Gasteiger charge is 2.25. The van der Waals surface area contributed by atoms with E-state index in [2.05, 4.69) is 15.7 Å². The second-order valence-corrected chi connectivity index (χ2v) is 6.56. The number of amides is 3. The van der Waals surface area contributed by atoms with E-state index in [4.69, 9.17) is 0 Å². The molecule has 0 atom stereocenters. The Kier molecular flexibility index (Phi) is 6.33. The quantitative estimate of drug-likeness (QED) is 0.733. The molecule has 1 aliphatic heterocycles. The minimum absolute atomic E-state index is 0.175. The molecular formula is C21H21FN4O3. The van der Waals surface area contributed by atoms with Gasteiger partial charge in [0.05, 0.1) is 5.69 Å². The number of benzene rings is 2. The van der Waals surface area contributed by atoms with E-state index < -0.39 is 17.6 Å². The van der Waals surface area contributed by atoms with Gasteiger partial charge in [-0.15, -0.1) is 0 Å². The van der Waals surface area contributed by atoms with Gasteiger partial charge < -0.3 is 10.6 Å². The zero-order valence-corrected chi connectivity index (χ0v) is 15.9. The van der Waals surface area contributed by atoms with E-state index in [9.17, 15) is 18.8 Å². The summed E-state index contributed by atoms with van der Waals surface area (Å²) in [7, 11) is 0. The van der Waals surface area contributed by atoms with Crippen LogP contribution in [0.4, 0.5) is 10.1 Å². The summed E-state index contributed by atoms with van der Waals surface area (Å²) < 4.78 is 13.5. The molecule has 2 aromatic rings. The van der Waals surface area contributed by atoms with Gasteiger partial charge in [-0.25, -0.2) is 9.40 Å². The number of aryl methyl sites for hydroxylation is 1. The van der Waals surface area contributed by atoms with E-state index in [-0.39, 0.29) is 43.1 Å². The maximum Gasteiger partial charge on any atom is 0.267 e. The van der Waals surface area contributed by atoms with Crippen LogP contribution in [0.3, 0.4) is 0 Å². The smallest absolute Gasteiger partial charge is 0.267 e. The molecule has 7 nitrogen and oxygen atoms in total. The molecule has 2 aromatic carbocycles. The van der Waals surface area contributed by atoms with Crippen LogP contribution in [0.2, 0.25) is 0 Å². The average Bonchev–Trinajstić information content (AvgIpc) is 2.73. The summed E-state index contributed by atoms with van der Waals surface area (Å²) in [5, 5.41) is 10.7. The van der Waals surface area contributed by atoms with Gasteiger partial charge in [-0.1, -0.05) is 24.3 Å². The van der Waals surface area contributed by atoms with Crippen LogP contribution >= 0.6 is 0 Å². The maximum atomic E-state index is 13.5. The molecule has 0 saturated heterocycles. The van der Waals surface area contributed by atoms with Gasteiger partial charge in [-0.2, -0.15) is 5.10 Å². The number of hydrogen-bond donors (Lipinski definition) is 2. The van der Waals surface area contributed by atoms with E-state index in [1.54, 1.807) is 31.2 Å². The van der Waals surface area contributed by atoms with Gasteiger partial charge in [0.1, 0.15) is 11.5 Å². The van der Waals surface area contributed by atoms with E-state index in [0.717, 1.165) is 0 Å². The number of carbonyl (C=O) groups excluding carboxylic acids is 3. The second-order valence-electron chi connectivity index (χ2n) is 6.56. The number of hydrazone groups is 1. The highest BCUT2D eigenvalue weighted by molar-refractivity contribution is 6.40. The van der Waals surface area contributed by atoms with Crippen LogP contribution < -0.4 is 15.6 Å². The minimum atomic E-state index is -0.446. The summed E-state index contributed by atoms with van der Waals surface area (Å²) in [5.74, 6) is -1.44. The highest BCUT2D eigenvalue weighted by atomic mass is 19.1. The first kappa shape index (κ1) is 20.2. The molecule has 0 radical (unpaired) electrons. The predicted molar refractivity (Wildman–Crippen MR) is 107 cm³/mol. The van der Waals surface area contributed by atoms with Crippen molar-refractivity contribution in [1.82, 2.24) is 10.6 Å². The Labute approximate surface area is 167 Å². The molecule has 8 heteroatoms. The molecule has 0 saturated carbocycles. The number of hydrogen-bond acceptors (Lipinski definition) is 4. The van der Waals surface area contributed by atoms with E-state index in [1.807, 2.05) is 6.07 Å². The summed E-state index contributed by atoms with van der Waals surface area (Å²) in [4.78, 5) is 36.5. The fourth-order valence-electron chi connectivity index (χ4n) is 2.78. The Balaban J connectivity index is 1.52. The summed E-state index contributed by atoms with van der Waals surface area (Å²) in [6.07, 6.45) is 0.444. The number of rotatable bonds is 6. The summed E-state index contributed by atoms with van der Waals surface area (Å²) >= 11 is 0. The highest BCUT2D eigenvalue weighted by Crippen LogP contribution is 2.19. The Bertz CT molecular complexity index is 960. The van der Waals surface area contributed by atoms with Gasteiger partial charge in [0.15, 0.2) is 0 Å². The van der Waals surface area contributed by atoms with Crippen molar-refractivity contribution in [3.05, 3.63) is 65.5 Å². The molecule has 3 amide bonds. The Morgan fingerprint density at radius 2 is 1.72 bits per heavy atom. The first-order chi connectivity index (χ1) is 14.0. The molecule has 0 unspecified atom stereocenters. The van der Waals surface area contributed by atoms with Gasteiger partial charge in [-0.3, -0.25) is 14.4 Å². The summed E-state index contributed by atoms with van der Waals surface area (Å²) in [5.41, 5.74) is 1.53. The minimum Gasteiger partial charge on any atom is -0.350 e. The van der Waals surface area contributed by atoms with Crippen LogP contribution in [0.25, 0.3) is 0 Å². The Morgan fingerprint density at radius 3 is 2.41 bits per heavy atom. The number of halogens is 1. The largest absolute Gasteiger partial charge is 0.350 e. The molecule has 1 heterocycles. The molecule has 1 aliphatic rings. The van der Waals surface area contributed by atoms with Gasteiger partial charge in [0.2, 0.25) is 5.91 Å². The molecule has 0 aliphatic carbocycles. The lowest BCUT2D eigenvalue weighted by Gasteiger charge is -2.23. The third kappa shape index (κ3) is 5.04. The van der Waals surface area contributed by atoms with Gasteiger partial charge in [0.25, 0.3) is 11.8 Å². The molecule has 0 spiro atoms. The van der Waals surface area contributed by atoms with E-state index >= 15 is 0 Å². The monoisotopic (exact) mass is 396 g/mol. The van der Waals surface area contributed by atoms with Crippen molar-refractivity contribution in [2.75, 3.05) is 18.1 Å². The van der Waals surface area contributed by atoms with Crippen LogP contribution in [-0.2, 0) is 9.59 Å². The lowest BCUT2D eigenvalue weighted by Crippen LogP contribution is -2.41. The van der Waals surface area contributed by atoms with Crippen LogP contribution in [0.1, 0.15) is 28.8 Å². The topological polar surface area (TPSA) is 90.9 Å². The molecule has 0 fully saturated rings. The first-order valence-electron chi connectivity index (χ1n) is 9.24. The van der Waals surface area contributed by atoms with Crippen molar-refractivity contribution in [2.24, 2.45) is 5.10 Å². The molecular weight excluding hydrogens is 375 g/mol. The molecule has 2 N–H and O–H groups in total. The van der Waals surface area contributed by atoms with Crippen LogP contribution in [0.15, 0.2) is 53.6 Å². The van der Waals surface area contributed by atoms with Crippen molar-refractivity contribution in [2.45, 2.75) is 19.8 Å². The zero-order valence-electron chi connectivity index (χ0n) is 15.9. The van der Waals surface area contributed by atoms with E-state index in [0.29, 0.717) is 11.3 Å². The van der Waals surface area contributed by atoms with Crippen molar-refractivity contribution < 1.29 is 18.8 Å². The number of carbonyl (C=O) groups is 3. The number of nitrogens with zero attached hydrogens (tertiary/aromatic N) is 2. The molecule has 0 aromatic heterocycles. The molecule has 29 heavy (non-hydrogen) atoms. The lowest BCUT2D eigenvalue weighted by atomic mass is 10.1. The van der Waals surface area contributed by atoms with Gasteiger partial charge in [0, 0.05) is 31.5 Å². The summed E-state index contributed by atoms with van der Waals surface area (Å²) in [6.45, 7) is 1.97. The summed E-state index contributed by atoms with van der Waals surface area (Å²) in [6, 6.07) is 13.1. The van der Waals surface area contributed by atoms with Gasteiger partial charge in [-0.05, 0) is 36.8 Å². The van der Waals surface area contributed by atoms with Crippen molar-refractivity contribution >= 4 is 29.1 Å². The third-order valence-corrected chi connectivity index (χ3v) is 4.43. The average molecular weight is 396 g/mol. The maximum absolute atomic E-state index is 13.5.